The fourth-order valence-corrected chi connectivity index (χ4v) is 2.70. The molecule has 126 valence electrons. The summed E-state index contributed by atoms with van der Waals surface area (Å²) in [6.07, 6.45) is 5.36. The number of hydrogen-bond acceptors (Lipinski definition) is 2. The highest BCUT2D eigenvalue weighted by atomic mass is 16.5. The zero-order valence-corrected chi connectivity index (χ0v) is 14.4. The van der Waals surface area contributed by atoms with Crippen molar-refractivity contribution in [2.24, 2.45) is 4.99 Å². The maximum absolute atomic E-state index is 5.34. The Balaban J connectivity index is 1.87. The Kier molecular flexibility index (Phi) is 7.67. The molecule has 0 bridgehead atoms. The van der Waals surface area contributed by atoms with Crippen LogP contribution in [0.15, 0.2) is 40.9 Å². The molecule has 1 aliphatic rings. The monoisotopic (exact) mass is 315 g/mol. The lowest BCUT2D eigenvalue weighted by atomic mass is 10.1. The van der Waals surface area contributed by atoms with Gasteiger partial charge in [-0.1, -0.05) is 42.8 Å². The second-order valence-corrected chi connectivity index (χ2v) is 5.68. The van der Waals surface area contributed by atoms with Crippen LogP contribution in [0.25, 0.3) is 0 Å². The van der Waals surface area contributed by atoms with Crippen LogP contribution in [0.5, 0.6) is 0 Å². The number of nitrogens with zero attached hydrogens (tertiary/aromatic N) is 1. The second-order valence-electron chi connectivity index (χ2n) is 5.68. The molecule has 1 aromatic carbocycles. The second kappa shape index (κ2) is 10.1. The lowest BCUT2D eigenvalue weighted by molar-refractivity contribution is 0.153. The summed E-state index contributed by atoms with van der Waals surface area (Å²) in [6.45, 7) is 8.40. The third-order valence-electron chi connectivity index (χ3n) is 4.05. The first kappa shape index (κ1) is 17.5. The van der Waals surface area contributed by atoms with E-state index in [2.05, 4.69) is 54.8 Å². The molecule has 0 saturated heterocycles. The Hall–Kier alpha value is -1.81. The van der Waals surface area contributed by atoms with Gasteiger partial charge in [-0.05, 0) is 37.3 Å². The van der Waals surface area contributed by atoms with Crippen LogP contribution in [0.2, 0.25) is 0 Å². The Bertz CT molecular complexity index is 537. The summed E-state index contributed by atoms with van der Waals surface area (Å²) in [5.74, 6) is 0.895. The molecule has 0 amide bonds. The zero-order chi connectivity index (χ0) is 16.3. The summed E-state index contributed by atoms with van der Waals surface area (Å²) in [6, 6.07) is 8.53. The molecular weight excluding hydrogens is 286 g/mol. The van der Waals surface area contributed by atoms with E-state index >= 15 is 0 Å². The minimum atomic E-state index is 0.718. The third kappa shape index (κ3) is 6.06. The average molecular weight is 315 g/mol. The number of aryl methyl sites for hydroxylation is 1. The highest BCUT2D eigenvalue weighted by molar-refractivity contribution is 5.79. The number of hydrogen-bond donors (Lipinski definition) is 2. The lowest BCUT2D eigenvalue weighted by Gasteiger charge is -2.15. The molecule has 0 atom stereocenters. The molecule has 4 nitrogen and oxygen atoms in total. The van der Waals surface area contributed by atoms with Gasteiger partial charge in [0.2, 0.25) is 0 Å². The molecule has 0 aromatic heterocycles. The van der Waals surface area contributed by atoms with Gasteiger partial charge in [-0.2, -0.15) is 0 Å². The molecule has 0 unspecified atom stereocenters. The van der Waals surface area contributed by atoms with Crippen LogP contribution in [-0.2, 0) is 17.7 Å². The van der Waals surface area contributed by atoms with Gasteiger partial charge in [-0.25, -0.2) is 4.99 Å². The molecule has 1 heterocycles. The van der Waals surface area contributed by atoms with Gasteiger partial charge >= 0.3 is 0 Å². The number of rotatable bonds is 7. The van der Waals surface area contributed by atoms with Crippen LogP contribution in [0.4, 0.5) is 0 Å². The number of aliphatic imine (C=N–C) groups is 1. The molecule has 0 aliphatic carbocycles. The van der Waals surface area contributed by atoms with E-state index in [1.165, 1.54) is 16.7 Å². The maximum atomic E-state index is 5.34. The van der Waals surface area contributed by atoms with E-state index < -0.39 is 0 Å². The first-order valence-corrected chi connectivity index (χ1v) is 8.68. The minimum absolute atomic E-state index is 0.718. The summed E-state index contributed by atoms with van der Waals surface area (Å²) in [5.41, 5.74) is 4.16. The Morgan fingerprint density at radius 3 is 2.70 bits per heavy atom. The molecular formula is C19H29N3O. The Labute approximate surface area is 140 Å². The van der Waals surface area contributed by atoms with Gasteiger partial charge in [0.25, 0.3) is 0 Å². The largest absolute Gasteiger partial charge is 0.377 e. The van der Waals surface area contributed by atoms with E-state index in [0.29, 0.717) is 0 Å². The Morgan fingerprint density at radius 2 is 2.00 bits per heavy atom. The first-order chi connectivity index (χ1) is 11.3. The van der Waals surface area contributed by atoms with E-state index in [1.54, 1.807) is 0 Å². The minimum Gasteiger partial charge on any atom is -0.377 e. The summed E-state index contributed by atoms with van der Waals surface area (Å²) in [5, 5.41) is 6.76. The predicted octanol–water partition coefficient (Wildman–Crippen LogP) is 3.04. The van der Waals surface area contributed by atoms with Crippen LogP contribution >= 0.6 is 0 Å². The van der Waals surface area contributed by atoms with Crippen molar-refractivity contribution < 1.29 is 4.74 Å². The number of guanidine groups is 1. The fraction of sp³-hybridized carbons (Fsp3) is 0.526. The predicted molar refractivity (Wildman–Crippen MR) is 96.8 cm³/mol. The van der Waals surface area contributed by atoms with Crippen LogP contribution in [0, 0.1) is 0 Å². The standard InChI is InChI=1S/C19H29N3O/c1-3-17-7-5-6-8-18(17)15-22-19(20-4-2)21-12-9-16-10-13-23-14-11-16/h5-8,10H,3-4,9,11-15H2,1-2H3,(H2,20,21,22). The number of nitrogens with one attached hydrogen (secondary N) is 2. The molecule has 0 fully saturated rings. The highest BCUT2D eigenvalue weighted by Crippen LogP contribution is 2.11. The van der Waals surface area contributed by atoms with Crippen LogP contribution in [0.3, 0.4) is 0 Å². The molecule has 0 radical (unpaired) electrons. The van der Waals surface area contributed by atoms with Crippen molar-refractivity contribution >= 4 is 5.96 Å². The van der Waals surface area contributed by atoms with Gasteiger partial charge in [0.15, 0.2) is 5.96 Å². The van der Waals surface area contributed by atoms with Crippen molar-refractivity contribution in [3.8, 4) is 0 Å². The van der Waals surface area contributed by atoms with Gasteiger partial charge in [0.1, 0.15) is 0 Å². The summed E-state index contributed by atoms with van der Waals surface area (Å²) < 4.78 is 5.34. The van der Waals surface area contributed by atoms with Gasteiger partial charge in [0, 0.05) is 13.1 Å². The quantitative estimate of drug-likeness (QED) is 0.462. The fourth-order valence-electron chi connectivity index (χ4n) is 2.70. The van der Waals surface area contributed by atoms with Crippen molar-refractivity contribution in [3.63, 3.8) is 0 Å². The van der Waals surface area contributed by atoms with E-state index in [0.717, 1.165) is 58.1 Å². The van der Waals surface area contributed by atoms with Crippen LogP contribution in [-0.4, -0.2) is 32.3 Å². The Morgan fingerprint density at radius 1 is 1.17 bits per heavy atom. The van der Waals surface area contributed by atoms with Gasteiger partial charge < -0.3 is 15.4 Å². The maximum Gasteiger partial charge on any atom is 0.191 e. The summed E-state index contributed by atoms with van der Waals surface area (Å²) >= 11 is 0. The zero-order valence-electron chi connectivity index (χ0n) is 14.4. The van der Waals surface area contributed by atoms with E-state index in [-0.39, 0.29) is 0 Å². The molecule has 1 aliphatic heterocycles. The molecule has 2 N–H and O–H groups in total. The first-order valence-electron chi connectivity index (χ1n) is 8.68. The van der Waals surface area contributed by atoms with Gasteiger partial charge in [-0.3, -0.25) is 0 Å². The van der Waals surface area contributed by atoms with Gasteiger partial charge in [-0.15, -0.1) is 0 Å². The summed E-state index contributed by atoms with van der Waals surface area (Å²) in [4.78, 5) is 4.73. The number of ether oxygens (including phenoxy) is 1. The third-order valence-corrected chi connectivity index (χ3v) is 4.05. The molecule has 2 rings (SSSR count). The van der Waals surface area contributed by atoms with E-state index in [9.17, 15) is 0 Å². The van der Waals surface area contributed by atoms with Crippen LogP contribution < -0.4 is 10.6 Å². The molecule has 23 heavy (non-hydrogen) atoms. The lowest BCUT2D eigenvalue weighted by Crippen LogP contribution is -2.38. The van der Waals surface area contributed by atoms with Crippen molar-refractivity contribution in [2.45, 2.75) is 39.7 Å². The number of benzene rings is 1. The molecule has 1 aromatic rings. The molecule has 4 heteroatoms. The molecule has 0 saturated carbocycles. The molecule has 0 spiro atoms. The topological polar surface area (TPSA) is 45.7 Å². The van der Waals surface area contributed by atoms with Crippen molar-refractivity contribution in [2.75, 3.05) is 26.3 Å². The SMILES string of the molecule is CCNC(=NCc1ccccc1CC)NCCC1=CCOCC1. The van der Waals surface area contributed by atoms with Crippen LogP contribution in [0.1, 0.15) is 37.8 Å². The van der Waals surface area contributed by atoms with Crippen molar-refractivity contribution in [1.82, 2.24) is 10.6 Å². The highest BCUT2D eigenvalue weighted by Gasteiger charge is 2.04. The van der Waals surface area contributed by atoms with Crippen molar-refractivity contribution in [3.05, 3.63) is 47.0 Å². The average Bonchev–Trinajstić information content (AvgIpc) is 2.61. The summed E-state index contributed by atoms with van der Waals surface area (Å²) in [7, 11) is 0. The normalized spacial score (nSPS) is 15.2. The van der Waals surface area contributed by atoms with Gasteiger partial charge in [0.05, 0.1) is 19.8 Å². The smallest absolute Gasteiger partial charge is 0.191 e. The van der Waals surface area contributed by atoms with Crippen molar-refractivity contribution in [1.29, 1.82) is 0 Å². The van der Waals surface area contributed by atoms with E-state index in [4.69, 9.17) is 9.73 Å². The van der Waals surface area contributed by atoms with E-state index in [1.807, 2.05) is 0 Å².